The van der Waals surface area contributed by atoms with Gasteiger partial charge in [0, 0.05) is 33.2 Å². The lowest BCUT2D eigenvalue weighted by molar-refractivity contribution is 0.221. The number of halogens is 1. The summed E-state index contributed by atoms with van der Waals surface area (Å²) in [5, 5.41) is 13.5. The zero-order chi connectivity index (χ0) is 19.1. The molecule has 2 aromatic rings. The van der Waals surface area contributed by atoms with Gasteiger partial charge in [-0.05, 0) is 31.2 Å². The molecular formula is C21H29IN4O2. The number of hydrogen-bond donors (Lipinski definition) is 2. The first kappa shape index (κ1) is 22.1. The average molecular weight is 496 g/mol. The van der Waals surface area contributed by atoms with E-state index < -0.39 is 0 Å². The second-order valence-corrected chi connectivity index (χ2v) is 6.63. The number of rotatable bonds is 5. The highest BCUT2D eigenvalue weighted by atomic mass is 127. The van der Waals surface area contributed by atoms with Crippen molar-refractivity contribution in [3.8, 4) is 11.5 Å². The fourth-order valence-corrected chi connectivity index (χ4v) is 3.23. The minimum absolute atomic E-state index is 0. The lowest BCUT2D eigenvalue weighted by atomic mass is 10.2. The van der Waals surface area contributed by atoms with Crippen molar-refractivity contribution in [2.24, 2.45) is 4.99 Å². The zero-order valence-electron chi connectivity index (χ0n) is 16.4. The lowest BCUT2D eigenvalue weighted by Crippen LogP contribution is -2.53. The van der Waals surface area contributed by atoms with Crippen molar-refractivity contribution in [2.45, 2.75) is 13.0 Å². The number of anilines is 1. The van der Waals surface area contributed by atoms with Crippen LogP contribution in [0.4, 0.5) is 5.69 Å². The highest BCUT2D eigenvalue weighted by Gasteiger charge is 2.21. The van der Waals surface area contributed by atoms with Crippen LogP contribution < -0.4 is 15.0 Å². The highest BCUT2D eigenvalue weighted by Crippen LogP contribution is 2.27. The number of aromatic hydroxyl groups is 1. The minimum atomic E-state index is 0. The molecule has 0 aliphatic carbocycles. The first-order valence-electron chi connectivity index (χ1n) is 9.37. The van der Waals surface area contributed by atoms with E-state index in [0.29, 0.717) is 12.3 Å². The summed E-state index contributed by atoms with van der Waals surface area (Å²) in [6.07, 6.45) is 0.0340. The van der Waals surface area contributed by atoms with Crippen LogP contribution in [0.25, 0.3) is 0 Å². The lowest BCUT2D eigenvalue weighted by Gasteiger charge is -2.38. The first-order chi connectivity index (χ1) is 13.2. The van der Waals surface area contributed by atoms with Crippen LogP contribution >= 0.6 is 24.0 Å². The van der Waals surface area contributed by atoms with Gasteiger partial charge in [-0.1, -0.05) is 30.3 Å². The van der Waals surface area contributed by atoms with Crippen LogP contribution in [0.15, 0.2) is 59.6 Å². The largest absolute Gasteiger partial charge is 0.506 e. The molecule has 2 aromatic carbocycles. The number of hydrogen-bond acceptors (Lipinski definition) is 4. The molecule has 6 nitrogen and oxygen atoms in total. The number of guanidine groups is 1. The Labute approximate surface area is 184 Å². The SMILES string of the molecule is CN=C(NCC(C)Oc1ccccc1)N1CCN(c2ccccc2O)CC1.I. The van der Waals surface area contributed by atoms with E-state index in [1.807, 2.05) is 55.5 Å². The summed E-state index contributed by atoms with van der Waals surface area (Å²) in [6, 6.07) is 17.3. The van der Waals surface area contributed by atoms with Gasteiger partial charge >= 0.3 is 0 Å². The van der Waals surface area contributed by atoms with E-state index in [-0.39, 0.29) is 30.1 Å². The molecule has 28 heavy (non-hydrogen) atoms. The van der Waals surface area contributed by atoms with Gasteiger partial charge in [0.25, 0.3) is 0 Å². The number of phenolic OH excluding ortho intramolecular Hbond substituents is 1. The number of aliphatic imine (C=N–C) groups is 1. The molecule has 0 bridgehead atoms. The summed E-state index contributed by atoms with van der Waals surface area (Å²) in [6.45, 7) is 6.11. The molecule has 1 unspecified atom stereocenters. The Morgan fingerprint density at radius 1 is 1.07 bits per heavy atom. The molecule has 3 rings (SSSR count). The Balaban J connectivity index is 0.00000280. The molecule has 1 aliphatic heterocycles. The standard InChI is InChI=1S/C21H28N4O2.HI/c1-17(27-18-8-4-3-5-9-18)16-23-21(22-2)25-14-12-24(13-15-25)19-10-6-7-11-20(19)26;/h3-11,17,26H,12-16H2,1-2H3,(H,22,23);1H. The van der Waals surface area contributed by atoms with Crippen LogP contribution in [0.3, 0.4) is 0 Å². The van der Waals surface area contributed by atoms with E-state index in [0.717, 1.165) is 43.6 Å². The van der Waals surface area contributed by atoms with Gasteiger partial charge < -0.3 is 25.0 Å². The van der Waals surface area contributed by atoms with E-state index in [2.05, 4.69) is 20.1 Å². The third kappa shape index (κ3) is 5.92. The second-order valence-electron chi connectivity index (χ2n) is 6.63. The maximum atomic E-state index is 10.0. The van der Waals surface area contributed by atoms with Gasteiger partial charge in [0.2, 0.25) is 0 Å². The normalized spacial score (nSPS) is 15.6. The van der Waals surface area contributed by atoms with Crippen molar-refractivity contribution >= 4 is 35.6 Å². The van der Waals surface area contributed by atoms with E-state index >= 15 is 0 Å². The van der Waals surface area contributed by atoms with Crippen LogP contribution in [-0.2, 0) is 0 Å². The molecule has 0 amide bonds. The van der Waals surface area contributed by atoms with Crippen molar-refractivity contribution in [1.29, 1.82) is 0 Å². The fraction of sp³-hybridized carbons (Fsp3) is 0.381. The molecule has 0 spiro atoms. The van der Waals surface area contributed by atoms with Gasteiger partial charge in [-0.25, -0.2) is 0 Å². The number of ether oxygens (including phenoxy) is 1. The molecule has 1 saturated heterocycles. The molecule has 1 aliphatic rings. The molecule has 7 heteroatoms. The summed E-state index contributed by atoms with van der Waals surface area (Å²) in [5.74, 6) is 2.09. The predicted octanol–water partition coefficient (Wildman–Crippen LogP) is 3.18. The number of para-hydroxylation sites is 3. The van der Waals surface area contributed by atoms with E-state index in [1.54, 1.807) is 13.1 Å². The average Bonchev–Trinajstić information content (AvgIpc) is 2.70. The fourth-order valence-electron chi connectivity index (χ4n) is 3.23. The summed E-state index contributed by atoms with van der Waals surface area (Å²) < 4.78 is 5.91. The molecule has 0 radical (unpaired) electrons. The summed E-state index contributed by atoms with van der Waals surface area (Å²) >= 11 is 0. The van der Waals surface area contributed by atoms with Crippen LogP contribution in [0, 0.1) is 0 Å². The molecule has 0 saturated carbocycles. The topological polar surface area (TPSA) is 60.3 Å². The monoisotopic (exact) mass is 496 g/mol. The van der Waals surface area contributed by atoms with Gasteiger partial charge in [-0.15, -0.1) is 24.0 Å². The van der Waals surface area contributed by atoms with Gasteiger partial charge in [-0.2, -0.15) is 0 Å². The number of phenols is 1. The quantitative estimate of drug-likeness (QED) is 0.379. The van der Waals surface area contributed by atoms with Crippen LogP contribution in [0.5, 0.6) is 11.5 Å². The smallest absolute Gasteiger partial charge is 0.193 e. The predicted molar refractivity (Wildman–Crippen MR) is 125 cm³/mol. The van der Waals surface area contributed by atoms with Crippen molar-refractivity contribution in [1.82, 2.24) is 10.2 Å². The van der Waals surface area contributed by atoms with Gasteiger partial charge in [0.15, 0.2) is 5.96 Å². The third-order valence-corrected chi connectivity index (χ3v) is 4.64. The Kier molecular flexibility index (Phi) is 8.69. The molecule has 0 aromatic heterocycles. The van der Waals surface area contributed by atoms with E-state index in [9.17, 15) is 5.11 Å². The highest BCUT2D eigenvalue weighted by molar-refractivity contribution is 14.0. The van der Waals surface area contributed by atoms with Crippen molar-refractivity contribution in [3.05, 3.63) is 54.6 Å². The first-order valence-corrected chi connectivity index (χ1v) is 9.37. The molecule has 1 fully saturated rings. The Hall–Kier alpha value is -2.16. The third-order valence-electron chi connectivity index (χ3n) is 4.64. The summed E-state index contributed by atoms with van der Waals surface area (Å²) in [7, 11) is 1.81. The molecule has 152 valence electrons. The van der Waals surface area contributed by atoms with E-state index in [1.165, 1.54) is 0 Å². The maximum absolute atomic E-state index is 10.0. The molecule has 2 N–H and O–H groups in total. The Bertz CT molecular complexity index is 749. The van der Waals surface area contributed by atoms with Crippen LogP contribution in [0.1, 0.15) is 6.92 Å². The van der Waals surface area contributed by atoms with E-state index in [4.69, 9.17) is 4.74 Å². The Morgan fingerprint density at radius 3 is 2.36 bits per heavy atom. The van der Waals surface area contributed by atoms with Crippen molar-refractivity contribution in [2.75, 3.05) is 44.7 Å². The Morgan fingerprint density at radius 2 is 1.71 bits per heavy atom. The number of nitrogens with one attached hydrogen (secondary N) is 1. The van der Waals surface area contributed by atoms with Crippen LogP contribution in [-0.4, -0.2) is 61.8 Å². The van der Waals surface area contributed by atoms with Crippen molar-refractivity contribution in [3.63, 3.8) is 0 Å². The van der Waals surface area contributed by atoms with Crippen molar-refractivity contribution < 1.29 is 9.84 Å². The number of piperazine rings is 1. The minimum Gasteiger partial charge on any atom is -0.506 e. The van der Waals surface area contributed by atoms with Gasteiger partial charge in [0.1, 0.15) is 17.6 Å². The summed E-state index contributed by atoms with van der Waals surface area (Å²) in [5.41, 5.74) is 0.893. The maximum Gasteiger partial charge on any atom is 0.193 e. The summed E-state index contributed by atoms with van der Waals surface area (Å²) in [4.78, 5) is 8.86. The molecule has 1 atom stereocenters. The van der Waals surface area contributed by atoms with Gasteiger partial charge in [0.05, 0.1) is 12.2 Å². The number of benzene rings is 2. The number of nitrogens with zero attached hydrogens (tertiary/aromatic N) is 3. The molecule has 1 heterocycles. The zero-order valence-corrected chi connectivity index (χ0v) is 18.7. The molecular weight excluding hydrogens is 467 g/mol. The van der Waals surface area contributed by atoms with Gasteiger partial charge in [-0.3, -0.25) is 4.99 Å². The second kappa shape index (κ2) is 11.0. The van der Waals surface area contributed by atoms with Crippen LogP contribution in [0.2, 0.25) is 0 Å².